The van der Waals surface area contributed by atoms with E-state index in [2.05, 4.69) is 31.4 Å². The number of nitrogens with one attached hydrogen (secondary N) is 2. The van der Waals surface area contributed by atoms with Crippen molar-refractivity contribution >= 4 is 27.5 Å². The highest BCUT2D eigenvalue weighted by molar-refractivity contribution is 7.88. The van der Waals surface area contributed by atoms with Gasteiger partial charge in [0.2, 0.25) is 15.9 Å². The average molecular weight is 446 g/mol. The number of amides is 2. The first-order chi connectivity index (χ1) is 14.3. The molecule has 2 amide bonds. The summed E-state index contributed by atoms with van der Waals surface area (Å²) in [6.07, 6.45) is 0. The van der Waals surface area contributed by atoms with Crippen LogP contribution in [0.4, 0.5) is 5.69 Å². The van der Waals surface area contributed by atoms with Gasteiger partial charge in [-0.2, -0.15) is 0 Å². The molecule has 8 heteroatoms. The van der Waals surface area contributed by atoms with Crippen LogP contribution in [-0.4, -0.2) is 26.3 Å². The SMILES string of the molecule is CC(C)C(NC(=O)c1ccc(C(C)(C)C)cc1)C(=O)Nc1cccc(CS(N)(=O)=O)c1. The minimum absolute atomic E-state index is 0.0207. The van der Waals surface area contributed by atoms with Gasteiger partial charge in [0, 0.05) is 11.3 Å². The molecule has 4 N–H and O–H groups in total. The lowest BCUT2D eigenvalue weighted by Gasteiger charge is -2.22. The molecule has 0 aliphatic heterocycles. The van der Waals surface area contributed by atoms with Crippen molar-refractivity contribution in [2.75, 3.05) is 5.32 Å². The van der Waals surface area contributed by atoms with E-state index in [0.29, 0.717) is 16.8 Å². The Kier molecular flexibility index (Phi) is 7.62. The molecule has 0 saturated heterocycles. The highest BCUT2D eigenvalue weighted by Crippen LogP contribution is 2.22. The van der Waals surface area contributed by atoms with Gasteiger partial charge in [0.1, 0.15) is 6.04 Å². The minimum atomic E-state index is -3.68. The molecule has 1 atom stereocenters. The number of benzene rings is 2. The van der Waals surface area contributed by atoms with Crippen molar-refractivity contribution < 1.29 is 18.0 Å². The fourth-order valence-corrected chi connectivity index (χ4v) is 3.72. The number of anilines is 1. The summed E-state index contributed by atoms with van der Waals surface area (Å²) in [5.41, 5.74) is 2.46. The first-order valence-electron chi connectivity index (χ1n) is 10.1. The number of primary sulfonamides is 1. The molecule has 0 spiro atoms. The third-order valence-corrected chi connectivity index (χ3v) is 5.55. The summed E-state index contributed by atoms with van der Waals surface area (Å²) in [6, 6.07) is 13.0. The number of hydrogen-bond acceptors (Lipinski definition) is 4. The van der Waals surface area contributed by atoms with Gasteiger partial charge in [-0.3, -0.25) is 9.59 Å². The van der Waals surface area contributed by atoms with E-state index in [1.165, 1.54) is 0 Å². The van der Waals surface area contributed by atoms with Crippen LogP contribution in [0.1, 0.15) is 56.1 Å². The summed E-state index contributed by atoms with van der Waals surface area (Å²) in [6.45, 7) is 9.97. The highest BCUT2D eigenvalue weighted by atomic mass is 32.2. The Bertz CT molecular complexity index is 1040. The Morgan fingerprint density at radius 2 is 1.65 bits per heavy atom. The smallest absolute Gasteiger partial charge is 0.251 e. The van der Waals surface area contributed by atoms with Gasteiger partial charge in [-0.15, -0.1) is 0 Å². The molecule has 2 aromatic rings. The molecular formula is C23H31N3O4S. The van der Waals surface area contributed by atoms with Crippen LogP contribution in [0.25, 0.3) is 0 Å². The molecule has 2 aromatic carbocycles. The maximum absolute atomic E-state index is 12.8. The summed E-state index contributed by atoms with van der Waals surface area (Å²) in [4.78, 5) is 25.6. The monoisotopic (exact) mass is 445 g/mol. The Morgan fingerprint density at radius 3 is 2.16 bits per heavy atom. The molecule has 0 radical (unpaired) electrons. The van der Waals surface area contributed by atoms with Gasteiger partial charge in [-0.1, -0.05) is 58.9 Å². The Balaban J connectivity index is 2.12. The molecule has 31 heavy (non-hydrogen) atoms. The number of carbonyl (C=O) groups excluding carboxylic acids is 2. The average Bonchev–Trinajstić information content (AvgIpc) is 2.63. The summed E-state index contributed by atoms with van der Waals surface area (Å²) >= 11 is 0. The van der Waals surface area contributed by atoms with Crippen molar-refractivity contribution in [1.29, 1.82) is 0 Å². The van der Waals surface area contributed by atoms with Crippen molar-refractivity contribution in [2.24, 2.45) is 11.1 Å². The van der Waals surface area contributed by atoms with E-state index in [9.17, 15) is 18.0 Å². The number of carbonyl (C=O) groups is 2. The van der Waals surface area contributed by atoms with Crippen molar-refractivity contribution in [3.05, 3.63) is 65.2 Å². The lowest BCUT2D eigenvalue weighted by molar-refractivity contribution is -0.118. The van der Waals surface area contributed by atoms with E-state index < -0.39 is 16.1 Å². The van der Waals surface area contributed by atoms with Crippen LogP contribution >= 0.6 is 0 Å². The molecule has 0 aromatic heterocycles. The molecule has 0 saturated carbocycles. The molecular weight excluding hydrogens is 414 g/mol. The van der Waals surface area contributed by atoms with Crippen molar-refractivity contribution in [3.63, 3.8) is 0 Å². The Hall–Kier alpha value is -2.71. The van der Waals surface area contributed by atoms with E-state index in [0.717, 1.165) is 5.56 Å². The van der Waals surface area contributed by atoms with Gasteiger partial charge in [-0.25, -0.2) is 13.6 Å². The zero-order valence-electron chi connectivity index (χ0n) is 18.6. The summed E-state index contributed by atoms with van der Waals surface area (Å²) in [5.74, 6) is -1.21. The number of sulfonamides is 1. The zero-order valence-corrected chi connectivity index (χ0v) is 19.4. The first kappa shape index (κ1) is 24.6. The van der Waals surface area contributed by atoms with Crippen LogP contribution in [0.15, 0.2) is 48.5 Å². The third-order valence-electron chi connectivity index (χ3n) is 4.81. The van der Waals surface area contributed by atoms with Crippen LogP contribution in [0.3, 0.4) is 0 Å². The van der Waals surface area contributed by atoms with Crippen molar-refractivity contribution in [2.45, 2.75) is 51.8 Å². The fourth-order valence-electron chi connectivity index (χ4n) is 3.07. The third kappa shape index (κ3) is 7.48. The van der Waals surface area contributed by atoms with Gasteiger partial charge in [0.25, 0.3) is 5.91 Å². The Morgan fingerprint density at radius 1 is 1.03 bits per heavy atom. The van der Waals surface area contributed by atoms with E-state index in [1.807, 2.05) is 26.0 Å². The zero-order chi connectivity index (χ0) is 23.4. The second kappa shape index (κ2) is 9.62. The predicted octanol–water partition coefficient (Wildman–Crippen LogP) is 3.17. The summed E-state index contributed by atoms with van der Waals surface area (Å²) in [5, 5.41) is 10.6. The van der Waals surface area contributed by atoms with Crippen LogP contribution < -0.4 is 15.8 Å². The Labute approximate surface area is 184 Å². The topological polar surface area (TPSA) is 118 Å². The number of rotatable bonds is 7. The van der Waals surface area contributed by atoms with Crippen LogP contribution in [-0.2, 0) is 26.0 Å². The molecule has 168 valence electrons. The predicted molar refractivity (Wildman–Crippen MR) is 123 cm³/mol. The molecule has 0 aliphatic rings. The second-order valence-electron chi connectivity index (χ2n) is 9.02. The van der Waals surface area contributed by atoms with E-state index in [-0.39, 0.29) is 28.9 Å². The van der Waals surface area contributed by atoms with Gasteiger partial charge < -0.3 is 10.6 Å². The van der Waals surface area contributed by atoms with Gasteiger partial charge in [0.05, 0.1) is 5.75 Å². The second-order valence-corrected chi connectivity index (χ2v) is 10.6. The standard InChI is InChI=1S/C23H31N3O4S/c1-15(2)20(26-21(27)17-9-11-18(12-10-17)23(3,4)5)22(28)25-19-8-6-7-16(13-19)14-31(24,29)30/h6-13,15,20H,14H2,1-5H3,(H,25,28)(H,26,27)(H2,24,29,30). The molecule has 0 fully saturated rings. The minimum Gasteiger partial charge on any atom is -0.340 e. The van der Waals surface area contributed by atoms with Gasteiger partial charge >= 0.3 is 0 Å². The molecule has 7 nitrogen and oxygen atoms in total. The molecule has 0 aliphatic carbocycles. The maximum Gasteiger partial charge on any atom is 0.251 e. The van der Waals surface area contributed by atoms with Gasteiger partial charge in [0.15, 0.2) is 0 Å². The normalized spacial score (nSPS) is 13.0. The first-order valence-corrected chi connectivity index (χ1v) is 11.8. The summed E-state index contributed by atoms with van der Waals surface area (Å²) in [7, 11) is -3.68. The maximum atomic E-state index is 12.8. The van der Waals surface area contributed by atoms with Crippen LogP contribution in [0.5, 0.6) is 0 Å². The molecule has 0 bridgehead atoms. The van der Waals surface area contributed by atoms with Gasteiger partial charge in [-0.05, 0) is 46.7 Å². The number of hydrogen-bond donors (Lipinski definition) is 3. The van der Waals surface area contributed by atoms with Crippen molar-refractivity contribution in [1.82, 2.24) is 5.32 Å². The lowest BCUT2D eigenvalue weighted by Crippen LogP contribution is -2.47. The van der Waals surface area contributed by atoms with E-state index in [1.54, 1.807) is 36.4 Å². The molecule has 0 heterocycles. The van der Waals surface area contributed by atoms with Crippen molar-refractivity contribution in [3.8, 4) is 0 Å². The largest absolute Gasteiger partial charge is 0.340 e. The molecule has 1 unspecified atom stereocenters. The lowest BCUT2D eigenvalue weighted by atomic mass is 9.86. The molecule has 2 rings (SSSR count). The fraction of sp³-hybridized carbons (Fsp3) is 0.391. The van der Waals surface area contributed by atoms with Crippen LogP contribution in [0, 0.1) is 5.92 Å². The quantitative estimate of drug-likeness (QED) is 0.606. The number of nitrogens with two attached hydrogens (primary N) is 1. The van der Waals surface area contributed by atoms with E-state index in [4.69, 9.17) is 5.14 Å². The highest BCUT2D eigenvalue weighted by Gasteiger charge is 2.25. The summed E-state index contributed by atoms with van der Waals surface area (Å²) < 4.78 is 22.6. The van der Waals surface area contributed by atoms with E-state index >= 15 is 0 Å². The van der Waals surface area contributed by atoms with Crippen LogP contribution in [0.2, 0.25) is 0 Å².